The molecule has 0 saturated carbocycles. The summed E-state index contributed by atoms with van der Waals surface area (Å²) in [6, 6.07) is 1.53. The van der Waals surface area contributed by atoms with Gasteiger partial charge in [0, 0.05) is 0 Å². The predicted molar refractivity (Wildman–Crippen MR) is 138 cm³/mol. The van der Waals surface area contributed by atoms with Crippen LogP contribution >= 0.6 is 0 Å². The summed E-state index contributed by atoms with van der Waals surface area (Å²) < 4.78 is 27.8. The van der Waals surface area contributed by atoms with E-state index in [4.69, 9.17) is 23.1 Å². The van der Waals surface area contributed by atoms with Crippen molar-refractivity contribution >= 4 is 40.5 Å². The zero-order chi connectivity index (χ0) is 27.5. The van der Waals surface area contributed by atoms with Crippen LogP contribution in [-0.2, 0) is 42.2 Å². The van der Waals surface area contributed by atoms with Crippen LogP contribution in [-0.4, -0.2) is 65.4 Å². The summed E-state index contributed by atoms with van der Waals surface area (Å²) in [6.45, 7) is 17.7. The first-order valence-corrected chi connectivity index (χ1v) is 19.1. The van der Waals surface area contributed by atoms with Crippen LogP contribution in [0.1, 0.15) is 47.5 Å². The van der Waals surface area contributed by atoms with Gasteiger partial charge in [-0.2, -0.15) is 0 Å². The van der Waals surface area contributed by atoms with E-state index in [0.29, 0.717) is 0 Å². The van der Waals surface area contributed by atoms with Gasteiger partial charge in [-0.25, -0.2) is 0 Å². The standard InChI is InChI=1S/C25H44O9Si2/c1-16(21(26)33-25(3,4)5)12-19-20(24(29)32-23(19)28)13-17(2)30-10-11-31-22(27)18-14-35(6,7)34-36(8,9)15-18/h16-20H,10-15H2,1-9H3. The van der Waals surface area contributed by atoms with Crippen molar-refractivity contribution in [2.75, 3.05) is 13.2 Å². The van der Waals surface area contributed by atoms with E-state index < -0.39 is 57.9 Å². The highest BCUT2D eigenvalue weighted by Crippen LogP contribution is 2.36. The van der Waals surface area contributed by atoms with Gasteiger partial charge in [0.25, 0.3) is 0 Å². The molecule has 2 saturated heterocycles. The summed E-state index contributed by atoms with van der Waals surface area (Å²) in [7, 11) is -3.72. The molecule has 9 nitrogen and oxygen atoms in total. The number of carbonyl (C=O) groups excluding carboxylic acids is 4. The van der Waals surface area contributed by atoms with Crippen molar-refractivity contribution in [3.63, 3.8) is 0 Å². The average molecular weight is 545 g/mol. The normalized spacial score (nSPS) is 25.7. The Morgan fingerprint density at radius 3 is 2.00 bits per heavy atom. The van der Waals surface area contributed by atoms with Crippen molar-refractivity contribution in [2.45, 2.75) is 97.4 Å². The maximum absolute atomic E-state index is 12.6. The second-order valence-electron chi connectivity index (χ2n) is 12.4. The first kappa shape index (κ1) is 30.7. The van der Waals surface area contributed by atoms with Crippen molar-refractivity contribution < 1.29 is 42.2 Å². The highest BCUT2D eigenvalue weighted by molar-refractivity contribution is 6.86. The Labute approximate surface area is 217 Å². The molecule has 11 heteroatoms. The van der Waals surface area contributed by atoms with E-state index in [0.717, 1.165) is 12.1 Å². The lowest BCUT2D eigenvalue weighted by Gasteiger charge is -2.42. The molecule has 2 rings (SSSR count). The Bertz CT molecular complexity index is 818. The van der Waals surface area contributed by atoms with Gasteiger partial charge in [-0.3, -0.25) is 19.2 Å². The number of ether oxygens (including phenoxy) is 4. The summed E-state index contributed by atoms with van der Waals surface area (Å²) in [4.78, 5) is 49.6. The first-order valence-electron chi connectivity index (χ1n) is 12.9. The maximum Gasteiger partial charge on any atom is 0.317 e. The van der Waals surface area contributed by atoms with Crippen LogP contribution < -0.4 is 0 Å². The highest BCUT2D eigenvalue weighted by Gasteiger charge is 2.47. The zero-order valence-electron chi connectivity index (χ0n) is 23.3. The van der Waals surface area contributed by atoms with E-state index in [1.54, 1.807) is 34.6 Å². The molecule has 0 aromatic rings. The van der Waals surface area contributed by atoms with Crippen LogP contribution in [0, 0.1) is 23.7 Å². The first-order chi connectivity index (χ1) is 16.4. The van der Waals surface area contributed by atoms with Crippen LogP contribution in [0.2, 0.25) is 38.3 Å². The lowest BCUT2D eigenvalue weighted by Crippen LogP contribution is -2.52. The van der Waals surface area contributed by atoms with Crippen LogP contribution in [0.4, 0.5) is 0 Å². The van der Waals surface area contributed by atoms with Crippen molar-refractivity contribution in [2.24, 2.45) is 23.7 Å². The summed E-state index contributed by atoms with van der Waals surface area (Å²) in [5, 5.41) is 0. The molecule has 206 valence electrons. The Morgan fingerprint density at radius 1 is 0.944 bits per heavy atom. The Balaban J connectivity index is 1.81. The van der Waals surface area contributed by atoms with Gasteiger partial charge in [0.05, 0.1) is 36.4 Å². The van der Waals surface area contributed by atoms with Crippen LogP contribution in [0.5, 0.6) is 0 Å². The topological polar surface area (TPSA) is 114 Å². The molecule has 4 unspecified atom stereocenters. The van der Waals surface area contributed by atoms with Crippen LogP contribution in [0.3, 0.4) is 0 Å². The third-order valence-electron chi connectivity index (χ3n) is 6.39. The van der Waals surface area contributed by atoms with E-state index in [-0.39, 0.29) is 44.0 Å². The monoisotopic (exact) mass is 544 g/mol. The third-order valence-corrected chi connectivity index (χ3v) is 13.8. The molecule has 2 aliphatic heterocycles. The fourth-order valence-electron chi connectivity index (χ4n) is 5.17. The molecule has 0 N–H and O–H groups in total. The van der Waals surface area contributed by atoms with Gasteiger partial charge in [0.1, 0.15) is 12.2 Å². The Morgan fingerprint density at radius 2 is 1.47 bits per heavy atom. The van der Waals surface area contributed by atoms with Gasteiger partial charge in [0.15, 0.2) is 16.6 Å². The van der Waals surface area contributed by atoms with Crippen molar-refractivity contribution in [3.8, 4) is 0 Å². The van der Waals surface area contributed by atoms with E-state index in [2.05, 4.69) is 26.2 Å². The average Bonchev–Trinajstić information content (AvgIpc) is 2.94. The second-order valence-corrected chi connectivity index (χ2v) is 21.1. The van der Waals surface area contributed by atoms with Gasteiger partial charge in [-0.15, -0.1) is 0 Å². The van der Waals surface area contributed by atoms with Gasteiger partial charge in [0.2, 0.25) is 0 Å². The lowest BCUT2D eigenvalue weighted by atomic mass is 9.83. The minimum atomic E-state index is -1.86. The molecule has 0 aliphatic carbocycles. The molecule has 0 bridgehead atoms. The van der Waals surface area contributed by atoms with Crippen molar-refractivity contribution in [3.05, 3.63) is 0 Å². The minimum Gasteiger partial charge on any atom is -0.463 e. The third kappa shape index (κ3) is 9.39. The number of esters is 4. The molecule has 0 aromatic heterocycles. The summed E-state index contributed by atoms with van der Waals surface area (Å²) in [5.74, 6) is -3.92. The molecule has 0 radical (unpaired) electrons. The molecule has 36 heavy (non-hydrogen) atoms. The van der Waals surface area contributed by atoms with Crippen molar-refractivity contribution in [1.82, 2.24) is 0 Å². The number of hydrogen-bond donors (Lipinski definition) is 0. The predicted octanol–water partition coefficient (Wildman–Crippen LogP) is 4.07. The molecule has 0 amide bonds. The van der Waals surface area contributed by atoms with Crippen molar-refractivity contribution in [1.29, 1.82) is 0 Å². The molecule has 4 atom stereocenters. The highest BCUT2D eigenvalue weighted by atomic mass is 28.4. The molecular weight excluding hydrogens is 500 g/mol. The number of cyclic esters (lactones) is 2. The number of carbonyl (C=O) groups is 4. The molecule has 0 spiro atoms. The van der Waals surface area contributed by atoms with Gasteiger partial charge >= 0.3 is 23.9 Å². The Kier molecular flexibility index (Phi) is 10.1. The van der Waals surface area contributed by atoms with E-state index in [1.807, 2.05) is 0 Å². The summed E-state index contributed by atoms with van der Waals surface area (Å²) >= 11 is 0. The molecule has 2 heterocycles. The largest absolute Gasteiger partial charge is 0.463 e. The van der Waals surface area contributed by atoms with Gasteiger partial charge in [-0.1, -0.05) is 6.92 Å². The second kappa shape index (κ2) is 11.9. The smallest absolute Gasteiger partial charge is 0.317 e. The van der Waals surface area contributed by atoms with E-state index in [9.17, 15) is 19.2 Å². The van der Waals surface area contributed by atoms with Crippen LogP contribution in [0.15, 0.2) is 0 Å². The van der Waals surface area contributed by atoms with Crippen LogP contribution in [0.25, 0.3) is 0 Å². The molecule has 0 aromatic carbocycles. The van der Waals surface area contributed by atoms with Gasteiger partial charge in [-0.05, 0) is 78.8 Å². The molecule has 2 aliphatic rings. The van der Waals surface area contributed by atoms with Gasteiger partial charge < -0.3 is 23.1 Å². The summed E-state index contributed by atoms with van der Waals surface area (Å²) in [6.07, 6.45) is 0.0649. The number of hydrogen-bond acceptors (Lipinski definition) is 9. The zero-order valence-corrected chi connectivity index (χ0v) is 25.3. The fraction of sp³-hybridized carbons (Fsp3) is 0.840. The van der Waals surface area contributed by atoms with E-state index in [1.165, 1.54) is 0 Å². The number of rotatable bonds is 10. The Hall–Kier alpha value is -1.57. The summed E-state index contributed by atoms with van der Waals surface area (Å²) in [5.41, 5.74) is -0.635. The maximum atomic E-state index is 12.6. The van der Waals surface area contributed by atoms with E-state index >= 15 is 0 Å². The quantitative estimate of drug-likeness (QED) is 0.132. The lowest BCUT2D eigenvalue weighted by molar-refractivity contribution is -0.160. The molecule has 2 fully saturated rings. The minimum absolute atomic E-state index is 0.119. The fourth-order valence-corrected chi connectivity index (χ4v) is 15.1. The SMILES string of the molecule is CC(CC1C(=O)OC(=O)C1CC(C)C(=O)OC(C)(C)C)OCCOC(=O)C1C[Si](C)(C)O[Si](C)(C)C1. The molecular formula is C25H44O9Si2.